The number of rotatable bonds is 6. The molecule has 0 spiro atoms. The summed E-state index contributed by atoms with van der Waals surface area (Å²) >= 11 is 1.61. The molecule has 17 heavy (non-hydrogen) atoms. The van der Waals surface area contributed by atoms with Gasteiger partial charge in [0.15, 0.2) is 9.84 Å². The van der Waals surface area contributed by atoms with E-state index >= 15 is 0 Å². The van der Waals surface area contributed by atoms with Crippen molar-refractivity contribution in [3.8, 4) is 12.3 Å². The third kappa shape index (κ3) is 4.67. The van der Waals surface area contributed by atoms with E-state index in [9.17, 15) is 8.42 Å². The molecule has 0 unspecified atom stereocenters. The summed E-state index contributed by atoms with van der Waals surface area (Å²) in [5.74, 6) is 4.39. The van der Waals surface area contributed by atoms with E-state index in [-0.39, 0.29) is 4.90 Å². The molecule has 0 aromatic carbocycles. The summed E-state index contributed by atoms with van der Waals surface area (Å²) in [6.07, 6.45) is 7.85. The van der Waals surface area contributed by atoms with Gasteiger partial charge in [-0.1, -0.05) is 5.92 Å². The van der Waals surface area contributed by atoms with Crippen LogP contribution in [0, 0.1) is 12.3 Å². The first-order valence-electron chi connectivity index (χ1n) is 4.96. The quantitative estimate of drug-likeness (QED) is 0.623. The summed E-state index contributed by atoms with van der Waals surface area (Å²) in [4.78, 5) is 4.25. The second kappa shape index (κ2) is 6.52. The predicted molar refractivity (Wildman–Crippen MR) is 72.0 cm³/mol. The maximum absolute atomic E-state index is 11.5. The zero-order chi connectivity index (χ0) is 12.7. The van der Waals surface area contributed by atoms with Gasteiger partial charge in [0.2, 0.25) is 0 Å². The highest BCUT2D eigenvalue weighted by Crippen LogP contribution is 2.17. The Hall–Kier alpha value is -1.19. The third-order valence-electron chi connectivity index (χ3n) is 1.89. The van der Waals surface area contributed by atoms with Crippen LogP contribution in [0.25, 0.3) is 0 Å². The Balaban J connectivity index is 2.63. The van der Waals surface area contributed by atoms with Crippen molar-refractivity contribution in [2.45, 2.75) is 4.90 Å². The molecule has 0 atom stereocenters. The lowest BCUT2D eigenvalue weighted by atomic mass is 10.4. The third-order valence-corrected chi connectivity index (χ3v) is 3.89. The van der Waals surface area contributed by atoms with Crippen LogP contribution in [0.2, 0.25) is 0 Å². The molecule has 0 saturated carbocycles. The van der Waals surface area contributed by atoms with Gasteiger partial charge in [-0.2, -0.15) is 0 Å². The molecule has 0 aliphatic heterocycles. The molecule has 1 rings (SSSR count). The highest BCUT2D eigenvalue weighted by Gasteiger charge is 2.12. The molecule has 0 saturated heterocycles. The van der Waals surface area contributed by atoms with Gasteiger partial charge in [0.25, 0.3) is 0 Å². The van der Waals surface area contributed by atoms with Crippen molar-refractivity contribution in [3.63, 3.8) is 0 Å². The van der Waals surface area contributed by atoms with Gasteiger partial charge >= 0.3 is 0 Å². The lowest BCUT2D eigenvalue weighted by Gasteiger charge is -2.08. The summed E-state index contributed by atoms with van der Waals surface area (Å²) in [6, 6.07) is 3.15. The molecule has 4 nitrogen and oxygen atoms in total. The Morgan fingerprint density at radius 2 is 2.35 bits per heavy atom. The van der Waals surface area contributed by atoms with Gasteiger partial charge in [0, 0.05) is 24.8 Å². The molecule has 0 radical (unpaired) electrons. The number of hydrogen-bond donors (Lipinski definition) is 1. The van der Waals surface area contributed by atoms with E-state index in [4.69, 9.17) is 6.42 Å². The first kappa shape index (κ1) is 13.9. The largest absolute Gasteiger partial charge is 0.368 e. The summed E-state index contributed by atoms with van der Waals surface area (Å²) in [5, 5.41) is 3.00. The summed E-state index contributed by atoms with van der Waals surface area (Å²) in [7, 11) is -3.24. The highest BCUT2D eigenvalue weighted by molar-refractivity contribution is 7.99. The molecule has 0 aliphatic carbocycles. The minimum Gasteiger partial charge on any atom is -0.368 e. The number of thioether (sulfide) groups is 1. The number of sulfone groups is 1. The van der Waals surface area contributed by atoms with Crippen LogP contribution in [0.1, 0.15) is 0 Å². The molecule has 0 aliphatic rings. The van der Waals surface area contributed by atoms with Crippen LogP contribution < -0.4 is 5.32 Å². The van der Waals surface area contributed by atoms with E-state index in [1.54, 1.807) is 30.1 Å². The minimum absolute atomic E-state index is 0.224. The molecule has 1 N–H and O–H groups in total. The van der Waals surface area contributed by atoms with Gasteiger partial charge < -0.3 is 5.32 Å². The van der Waals surface area contributed by atoms with Crippen molar-refractivity contribution in [2.75, 3.05) is 29.6 Å². The average Bonchev–Trinajstić information content (AvgIpc) is 2.28. The second-order valence-electron chi connectivity index (χ2n) is 3.31. The number of nitrogens with zero attached hydrogens (tertiary/aromatic N) is 1. The highest BCUT2D eigenvalue weighted by atomic mass is 32.2. The SMILES string of the molecule is C#CCSCCNc1ncccc1S(C)(=O)=O. The van der Waals surface area contributed by atoms with E-state index in [0.29, 0.717) is 18.1 Å². The Morgan fingerprint density at radius 1 is 1.59 bits per heavy atom. The maximum atomic E-state index is 11.5. The van der Waals surface area contributed by atoms with Crippen LogP contribution in [0.3, 0.4) is 0 Å². The maximum Gasteiger partial charge on any atom is 0.179 e. The standard InChI is InChI=1S/C11H14N2O2S2/c1-3-8-16-9-7-13-11-10(17(2,14)15)5-4-6-12-11/h1,4-6H,7-9H2,2H3,(H,12,13). The van der Waals surface area contributed by atoms with E-state index in [2.05, 4.69) is 16.2 Å². The Labute approximate surface area is 106 Å². The molecule has 1 aromatic rings. The fraction of sp³-hybridized carbons (Fsp3) is 0.364. The van der Waals surface area contributed by atoms with Crippen LogP contribution in [-0.2, 0) is 9.84 Å². The molecule has 0 bridgehead atoms. The fourth-order valence-electron chi connectivity index (χ4n) is 1.20. The molecule has 92 valence electrons. The molecule has 0 amide bonds. The first-order chi connectivity index (χ1) is 8.05. The molecule has 1 heterocycles. The van der Waals surface area contributed by atoms with Crippen molar-refractivity contribution in [3.05, 3.63) is 18.3 Å². The average molecular weight is 270 g/mol. The fourth-order valence-corrected chi connectivity index (χ4v) is 2.51. The van der Waals surface area contributed by atoms with Crippen LogP contribution in [0.15, 0.2) is 23.2 Å². The van der Waals surface area contributed by atoms with Crippen LogP contribution in [0.4, 0.5) is 5.82 Å². The van der Waals surface area contributed by atoms with Crippen LogP contribution >= 0.6 is 11.8 Å². The predicted octanol–water partition coefficient (Wildman–Crippen LogP) is 1.26. The van der Waals surface area contributed by atoms with Crippen LogP contribution in [-0.4, -0.2) is 37.7 Å². The number of terminal acetylenes is 1. The van der Waals surface area contributed by atoms with Crippen molar-refractivity contribution < 1.29 is 8.42 Å². The zero-order valence-corrected chi connectivity index (χ0v) is 11.1. The van der Waals surface area contributed by atoms with Crippen molar-refractivity contribution in [2.24, 2.45) is 0 Å². The minimum atomic E-state index is -3.24. The molecule has 1 aromatic heterocycles. The molecule has 6 heteroatoms. The smallest absolute Gasteiger partial charge is 0.179 e. The van der Waals surface area contributed by atoms with Crippen LogP contribution in [0.5, 0.6) is 0 Å². The van der Waals surface area contributed by atoms with E-state index < -0.39 is 9.84 Å². The number of aromatic nitrogens is 1. The number of pyridine rings is 1. The van der Waals surface area contributed by atoms with Crippen molar-refractivity contribution in [1.29, 1.82) is 0 Å². The van der Waals surface area contributed by atoms with E-state index in [1.165, 1.54) is 6.26 Å². The number of nitrogens with one attached hydrogen (secondary N) is 1. The molecule has 0 fully saturated rings. The van der Waals surface area contributed by atoms with Crippen molar-refractivity contribution >= 4 is 27.4 Å². The molecular formula is C11H14N2O2S2. The van der Waals surface area contributed by atoms with Gasteiger partial charge in [-0.25, -0.2) is 13.4 Å². The Kier molecular flexibility index (Phi) is 5.32. The van der Waals surface area contributed by atoms with Gasteiger partial charge in [0.05, 0.1) is 5.75 Å². The second-order valence-corrected chi connectivity index (χ2v) is 6.40. The summed E-state index contributed by atoms with van der Waals surface area (Å²) < 4.78 is 23.0. The van der Waals surface area contributed by atoms with Gasteiger partial charge in [-0.05, 0) is 12.1 Å². The summed E-state index contributed by atoms with van der Waals surface area (Å²) in [6.45, 7) is 0.631. The topological polar surface area (TPSA) is 59.1 Å². The molecular weight excluding hydrogens is 256 g/mol. The van der Waals surface area contributed by atoms with Gasteiger partial charge in [-0.3, -0.25) is 0 Å². The normalized spacial score (nSPS) is 10.8. The number of hydrogen-bond acceptors (Lipinski definition) is 5. The number of anilines is 1. The lowest BCUT2D eigenvalue weighted by molar-refractivity contribution is 0.602. The first-order valence-corrected chi connectivity index (χ1v) is 8.00. The van der Waals surface area contributed by atoms with Crippen molar-refractivity contribution in [1.82, 2.24) is 4.98 Å². The van der Waals surface area contributed by atoms with E-state index in [1.807, 2.05) is 0 Å². The monoisotopic (exact) mass is 270 g/mol. The van der Waals surface area contributed by atoms with E-state index in [0.717, 1.165) is 5.75 Å². The lowest BCUT2D eigenvalue weighted by Crippen LogP contribution is -2.10. The van der Waals surface area contributed by atoms with Gasteiger partial charge in [0.1, 0.15) is 10.7 Å². The summed E-state index contributed by atoms with van der Waals surface area (Å²) in [5.41, 5.74) is 0. The Bertz CT molecular complexity index is 506. The van der Waals surface area contributed by atoms with Gasteiger partial charge in [-0.15, -0.1) is 18.2 Å². The zero-order valence-electron chi connectivity index (χ0n) is 9.51. The Morgan fingerprint density at radius 3 is 3.00 bits per heavy atom.